The molecule has 1 atom stereocenters. The standard InChI is InChI=1S/C67H114O6/c1-4-7-10-13-16-19-22-24-26-28-30-32-33-35-36-38-40-42-45-48-51-54-57-60-66(69)72-63-64(62-71-65(68)59-56-53-50-47-44-21-18-15-12-9-6-3)73-67(70)61-58-55-52-49-46-43-41-39-37-34-31-29-27-25-23-20-17-14-11-8-5-2/h7,10,15-16,18-19,23-26,29-32,37,39,64H,4-6,8-9,11-14,17,20-22,27-28,33-36,38,40-63H2,1-3H3/b10-7-,18-15-,19-16-,25-23-,26-24-,31-29-,32-30-,39-37-. The summed E-state index contributed by atoms with van der Waals surface area (Å²) in [6, 6.07) is 0. The zero-order chi connectivity index (χ0) is 52.9. The van der Waals surface area contributed by atoms with E-state index in [4.69, 9.17) is 14.2 Å². The quantitative estimate of drug-likeness (QED) is 0.0261. The van der Waals surface area contributed by atoms with E-state index in [2.05, 4.69) is 118 Å². The Labute approximate surface area is 451 Å². The molecule has 73 heavy (non-hydrogen) atoms. The van der Waals surface area contributed by atoms with Crippen molar-refractivity contribution in [3.05, 3.63) is 97.2 Å². The Morgan fingerprint density at radius 2 is 0.548 bits per heavy atom. The Morgan fingerprint density at radius 3 is 0.890 bits per heavy atom. The van der Waals surface area contributed by atoms with E-state index < -0.39 is 6.10 Å². The minimum atomic E-state index is -0.791. The highest BCUT2D eigenvalue weighted by atomic mass is 16.6. The highest BCUT2D eigenvalue weighted by Gasteiger charge is 2.19. The van der Waals surface area contributed by atoms with E-state index in [-0.39, 0.29) is 31.1 Å². The zero-order valence-corrected chi connectivity index (χ0v) is 47.9. The van der Waals surface area contributed by atoms with Crippen molar-refractivity contribution in [3.8, 4) is 0 Å². The second-order valence-electron chi connectivity index (χ2n) is 20.2. The summed E-state index contributed by atoms with van der Waals surface area (Å²) in [6.45, 7) is 6.47. The van der Waals surface area contributed by atoms with Gasteiger partial charge in [-0.3, -0.25) is 14.4 Å². The van der Waals surface area contributed by atoms with Crippen molar-refractivity contribution in [2.24, 2.45) is 0 Å². The molecule has 6 nitrogen and oxygen atoms in total. The van der Waals surface area contributed by atoms with E-state index >= 15 is 0 Å². The molecule has 0 aromatic rings. The lowest BCUT2D eigenvalue weighted by atomic mass is 10.1. The van der Waals surface area contributed by atoms with Crippen LogP contribution in [-0.2, 0) is 28.6 Å². The first-order valence-electron chi connectivity index (χ1n) is 30.7. The summed E-state index contributed by atoms with van der Waals surface area (Å²) in [5.74, 6) is -0.908. The number of allylic oxidation sites excluding steroid dienone is 16. The van der Waals surface area contributed by atoms with Crippen molar-refractivity contribution in [2.45, 2.75) is 297 Å². The van der Waals surface area contributed by atoms with E-state index in [0.29, 0.717) is 19.3 Å². The van der Waals surface area contributed by atoms with Gasteiger partial charge in [0, 0.05) is 19.3 Å². The Balaban J connectivity index is 4.34. The molecule has 1 unspecified atom stereocenters. The van der Waals surface area contributed by atoms with Crippen LogP contribution in [0.2, 0.25) is 0 Å². The van der Waals surface area contributed by atoms with E-state index in [1.165, 1.54) is 135 Å². The first kappa shape index (κ1) is 69.3. The lowest BCUT2D eigenvalue weighted by Gasteiger charge is -2.18. The van der Waals surface area contributed by atoms with Crippen LogP contribution in [0.5, 0.6) is 0 Å². The van der Waals surface area contributed by atoms with Gasteiger partial charge >= 0.3 is 17.9 Å². The maximum Gasteiger partial charge on any atom is 0.306 e. The molecule has 0 saturated heterocycles. The lowest BCUT2D eigenvalue weighted by Crippen LogP contribution is -2.30. The van der Waals surface area contributed by atoms with Crippen LogP contribution in [0.3, 0.4) is 0 Å². The second-order valence-corrected chi connectivity index (χ2v) is 20.2. The van der Waals surface area contributed by atoms with Crippen LogP contribution in [0.4, 0.5) is 0 Å². The zero-order valence-electron chi connectivity index (χ0n) is 47.9. The molecule has 0 radical (unpaired) electrons. The van der Waals surface area contributed by atoms with Crippen LogP contribution in [0.25, 0.3) is 0 Å². The molecule has 0 bridgehead atoms. The molecular formula is C67H114O6. The minimum Gasteiger partial charge on any atom is -0.462 e. The van der Waals surface area contributed by atoms with Crippen molar-refractivity contribution in [2.75, 3.05) is 13.2 Å². The number of rotatable bonds is 55. The van der Waals surface area contributed by atoms with E-state index in [1.54, 1.807) is 0 Å². The predicted octanol–water partition coefficient (Wildman–Crippen LogP) is 20.9. The normalized spacial score (nSPS) is 12.8. The third kappa shape index (κ3) is 59.1. The van der Waals surface area contributed by atoms with Gasteiger partial charge in [-0.05, 0) is 116 Å². The van der Waals surface area contributed by atoms with E-state index in [1.807, 2.05) is 0 Å². The Bertz CT molecular complexity index is 1440. The molecule has 0 rings (SSSR count). The van der Waals surface area contributed by atoms with Crippen molar-refractivity contribution >= 4 is 17.9 Å². The number of hydrogen-bond acceptors (Lipinski definition) is 6. The molecule has 0 aromatic carbocycles. The molecular weight excluding hydrogens is 901 g/mol. The Hall–Kier alpha value is -3.67. The average Bonchev–Trinajstić information content (AvgIpc) is 3.39. The molecule has 0 saturated carbocycles. The lowest BCUT2D eigenvalue weighted by molar-refractivity contribution is -0.167. The van der Waals surface area contributed by atoms with E-state index in [9.17, 15) is 14.4 Å². The van der Waals surface area contributed by atoms with Crippen LogP contribution < -0.4 is 0 Å². The first-order valence-corrected chi connectivity index (χ1v) is 30.7. The molecule has 0 aromatic heterocycles. The number of ether oxygens (including phenoxy) is 3. The molecule has 0 aliphatic rings. The molecule has 6 heteroatoms. The van der Waals surface area contributed by atoms with Gasteiger partial charge < -0.3 is 14.2 Å². The van der Waals surface area contributed by atoms with Crippen LogP contribution in [0.1, 0.15) is 290 Å². The summed E-state index contributed by atoms with van der Waals surface area (Å²) in [5.41, 5.74) is 0. The third-order valence-electron chi connectivity index (χ3n) is 13.0. The van der Waals surface area contributed by atoms with Gasteiger partial charge in [-0.15, -0.1) is 0 Å². The van der Waals surface area contributed by atoms with Crippen LogP contribution >= 0.6 is 0 Å². The minimum absolute atomic E-state index is 0.0877. The summed E-state index contributed by atoms with van der Waals surface area (Å²) in [4.78, 5) is 38.2. The SMILES string of the molecule is CC/C=C\C/C=C\C/C=C\C/C=C\CCCCCCCCCCCCC(=O)OCC(COC(=O)CCCCCCC/C=C\CCCC)OC(=O)CCCCCCCC/C=C\C/C=C\C/C=C\CCCCCCC. The molecule has 0 fully saturated rings. The molecule has 0 aliphatic carbocycles. The van der Waals surface area contributed by atoms with Crippen LogP contribution in [0.15, 0.2) is 97.2 Å². The van der Waals surface area contributed by atoms with Crippen molar-refractivity contribution in [1.29, 1.82) is 0 Å². The topological polar surface area (TPSA) is 78.9 Å². The van der Waals surface area contributed by atoms with Crippen molar-refractivity contribution in [3.63, 3.8) is 0 Å². The van der Waals surface area contributed by atoms with Gasteiger partial charge in [0.05, 0.1) is 0 Å². The highest BCUT2D eigenvalue weighted by molar-refractivity contribution is 5.71. The Morgan fingerprint density at radius 1 is 0.288 bits per heavy atom. The maximum absolute atomic E-state index is 12.9. The maximum atomic E-state index is 12.9. The number of hydrogen-bond donors (Lipinski definition) is 0. The smallest absolute Gasteiger partial charge is 0.306 e. The van der Waals surface area contributed by atoms with Crippen LogP contribution in [0, 0.1) is 0 Å². The summed E-state index contributed by atoms with van der Waals surface area (Å²) >= 11 is 0. The third-order valence-corrected chi connectivity index (χ3v) is 13.0. The fourth-order valence-corrected chi connectivity index (χ4v) is 8.42. The average molecular weight is 1020 g/mol. The van der Waals surface area contributed by atoms with Gasteiger partial charge in [-0.2, -0.15) is 0 Å². The summed E-state index contributed by atoms with van der Waals surface area (Å²) in [5, 5.41) is 0. The number of carbonyl (C=O) groups is 3. The van der Waals surface area contributed by atoms with Gasteiger partial charge in [-0.1, -0.05) is 253 Å². The molecule has 0 heterocycles. The van der Waals surface area contributed by atoms with E-state index in [0.717, 1.165) is 116 Å². The van der Waals surface area contributed by atoms with Gasteiger partial charge in [0.25, 0.3) is 0 Å². The molecule has 0 aliphatic heterocycles. The number of carbonyl (C=O) groups excluding carboxylic acids is 3. The van der Waals surface area contributed by atoms with Gasteiger partial charge in [0.15, 0.2) is 6.10 Å². The van der Waals surface area contributed by atoms with Gasteiger partial charge in [-0.25, -0.2) is 0 Å². The van der Waals surface area contributed by atoms with Crippen molar-refractivity contribution in [1.82, 2.24) is 0 Å². The fraction of sp³-hybridized carbons (Fsp3) is 0.716. The summed E-state index contributed by atoms with van der Waals surface area (Å²) in [7, 11) is 0. The molecule has 0 spiro atoms. The second kappa shape index (κ2) is 60.9. The summed E-state index contributed by atoms with van der Waals surface area (Å²) < 4.78 is 16.9. The van der Waals surface area contributed by atoms with Gasteiger partial charge in [0.2, 0.25) is 0 Å². The molecule has 0 amide bonds. The highest BCUT2D eigenvalue weighted by Crippen LogP contribution is 2.15. The monoisotopic (exact) mass is 1010 g/mol. The first-order chi connectivity index (χ1) is 36.0. The molecule has 0 N–H and O–H groups in total. The molecule has 418 valence electrons. The van der Waals surface area contributed by atoms with Crippen LogP contribution in [-0.4, -0.2) is 37.2 Å². The van der Waals surface area contributed by atoms with Crippen molar-refractivity contribution < 1.29 is 28.6 Å². The largest absolute Gasteiger partial charge is 0.462 e. The summed E-state index contributed by atoms with van der Waals surface area (Å²) in [6.07, 6.45) is 81.2. The Kier molecular flexibility index (Phi) is 57.8. The number of unbranched alkanes of at least 4 members (excludes halogenated alkanes) is 28. The number of esters is 3. The van der Waals surface area contributed by atoms with Gasteiger partial charge in [0.1, 0.15) is 13.2 Å². The predicted molar refractivity (Wildman–Crippen MR) is 316 cm³/mol. The fourth-order valence-electron chi connectivity index (χ4n) is 8.42.